The lowest BCUT2D eigenvalue weighted by Crippen LogP contribution is -2.59. The Morgan fingerprint density at radius 1 is 0.897 bits per heavy atom. The molecule has 0 unspecified atom stereocenters. The van der Waals surface area contributed by atoms with Gasteiger partial charge < -0.3 is 0 Å². The van der Waals surface area contributed by atoms with Gasteiger partial charge in [0.2, 0.25) is 0 Å². The molecule has 0 amide bonds. The summed E-state index contributed by atoms with van der Waals surface area (Å²) >= 11 is 0. The maximum atomic E-state index is 5.30. The van der Waals surface area contributed by atoms with Crippen molar-refractivity contribution in [2.75, 3.05) is 10.4 Å². The largest absolute Gasteiger partial charge is 0.278 e. The van der Waals surface area contributed by atoms with Crippen LogP contribution in [0, 0.1) is 5.92 Å². The maximum absolute atomic E-state index is 5.30. The van der Waals surface area contributed by atoms with E-state index in [0.29, 0.717) is 5.92 Å². The molecule has 2 aliphatic carbocycles. The molecule has 0 radical (unpaired) electrons. The normalized spacial score (nSPS) is 28.1. The number of hydrogen-bond acceptors (Lipinski definition) is 4. The van der Waals surface area contributed by atoms with E-state index in [4.69, 9.17) is 10.2 Å². The number of anilines is 2. The van der Waals surface area contributed by atoms with Crippen LogP contribution in [0.25, 0.3) is 0 Å². The first-order chi connectivity index (χ1) is 14.4. The van der Waals surface area contributed by atoms with Gasteiger partial charge in [0.1, 0.15) is 5.54 Å². The lowest BCUT2D eigenvalue weighted by Gasteiger charge is -2.51. The second-order valence-corrected chi connectivity index (χ2v) is 8.66. The van der Waals surface area contributed by atoms with Gasteiger partial charge in [-0.15, -0.1) is 0 Å². The molecule has 0 saturated heterocycles. The van der Waals surface area contributed by atoms with Crippen molar-refractivity contribution >= 4 is 22.8 Å². The molecular weight excluding hydrogens is 356 g/mol. The molecule has 2 aromatic rings. The average Bonchev–Trinajstić information content (AvgIpc) is 2.79. The third-order valence-corrected chi connectivity index (χ3v) is 6.81. The number of para-hydroxylation sites is 2. The first kappa shape index (κ1) is 18.4. The summed E-state index contributed by atoms with van der Waals surface area (Å²) in [6.45, 7) is 0. The van der Waals surface area contributed by atoms with Gasteiger partial charge in [0.15, 0.2) is 0 Å². The summed E-state index contributed by atoms with van der Waals surface area (Å²) in [6.07, 6.45) is 10.8. The smallest absolute Gasteiger partial charge is 0.104 e. The van der Waals surface area contributed by atoms with Crippen LogP contribution in [-0.4, -0.2) is 17.0 Å². The number of hydrogen-bond donors (Lipinski definition) is 1. The zero-order valence-electron chi connectivity index (χ0n) is 17.1. The highest BCUT2D eigenvalue weighted by Crippen LogP contribution is 2.45. The Morgan fingerprint density at radius 3 is 2.48 bits per heavy atom. The van der Waals surface area contributed by atoms with E-state index in [2.05, 4.69) is 65.0 Å². The van der Waals surface area contributed by atoms with Crippen LogP contribution in [0.4, 0.5) is 11.4 Å². The lowest BCUT2D eigenvalue weighted by molar-refractivity contribution is 0.323. The van der Waals surface area contributed by atoms with Gasteiger partial charge in [-0.2, -0.15) is 10.2 Å². The van der Waals surface area contributed by atoms with Crippen molar-refractivity contribution < 1.29 is 0 Å². The van der Waals surface area contributed by atoms with Gasteiger partial charge in [-0.05, 0) is 69.2 Å². The van der Waals surface area contributed by atoms with Gasteiger partial charge in [-0.3, -0.25) is 10.4 Å². The van der Waals surface area contributed by atoms with Gasteiger partial charge in [0.25, 0.3) is 0 Å². The summed E-state index contributed by atoms with van der Waals surface area (Å²) < 4.78 is 0. The van der Waals surface area contributed by atoms with Crippen LogP contribution in [0.1, 0.15) is 57.8 Å². The average molecular weight is 387 g/mol. The minimum absolute atomic E-state index is 0.104. The van der Waals surface area contributed by atoms with Gasteiger partial charge in [-0.1, -0.05) is 49.2 Å². The van der Waals surface area contributed by atoms with Crippen molar-refractivity contribution in [1.82, 2.24) is 0 Å². The van der Waals surface area contributed by atoms with Crippen LogP contribution in [0.5, 0.6) is 0 Å². The molecule has 1 heterocycles. The fourth-order valence-electron chi connectivity index (χ4n) is 5.35. The molecule has 1 aliphatic heterocycles. The lowest BCUT2D eigenvalue weighted by atomic mass is 9.69. The van der Waals surface area contributed by atoms with Crippen molar-refractivity contribution in [3.05, 3.63) is 60.7 Å². The number of nitrogens with one attached hydrogen (secondary N) is 1. The number of fused-ring (bicyclic) bond motifs is 1. The topological polar surface area (TPSA) is 40.0 Å². The summed E-state index contributed by atoms with van der Waals surface area (Å²) in [5, 5.41) is 12.6. The summed E-state index contributed by atoms with van der Waals surface area (Å²) in [6, 6.07) is 21.0. The summed E-state index contributed by atoms with van der Waals surface area (Å²) in [4.78, 5) is 0. The Hall–Kier alpha value is -2.62. The van der Waals surface area contributed by atoms with Crippen LogP contribution in [0.2, 0.25) is 0 Å². The predicted molar refractivity (Wildman–Crippen MR) is 122 cm³/mol. The molecule has 2 atom stereocenters. The number of benzene rings is 2. The first-order valence-electron chi connectivity index (χ1n) is 11.2. The minimum Gasteiger partial charge on any atom is -0.278 e. The third-order valence-electron chi connectivity index (χ3n) is 6.81. The standard InChI is InChI=1S/C25H30N4/c1-3-12-21(13-4-1)26-27-24-17-9-10-18-25(24)19-20-11-7-8-16-23(20)28-29(25)22-14-5-2-6-15-22/h1-6,12-15,20,26H,7-11,16-19H2/t20-,25-/m1/s1. The van der Waals surface area contributed by atoms with Gasteiger partial charge >= 0.3 is 0 Å². The van der Waals surface area contributed by atoms with Crippen molar-refractivity contribution in [1.29, 1.82) is 0 Å². The number of rotatable bonds is 3. The zero-order valence-corrected chi connectivity index (χ0v) is 17.1. The SMILES string of the molecule is c1ccc(NN=C2CCCC[C@@]23C[C@H]2CCCCC2=NN3c2ccccc2)cc1. The van der Waals surface area contributed by atoms with Crippen LogP contribution < -0.4 is 10.4 Å². The highest BCUT2D eigenvalue weighted by atomic mass is 15.5. The fraction of sp³-hybridized carbons (Fsp3) is 0.440. The molecule has 0 bridgehead atoms. The molecule has 2 aromatic carbocycles. The fourth-order valence-corrected chi connectivity index (χ4v) is 5.35. The van der Waals surface area contributed by atoms with E-state index in [9.17, 15) is 0 Å². The maximum Gasteiger partial charge on any atom is 0.104 e. The first-order valence-corrected chi connectivity index (χ1v) is 11.2. The zero-order chi connectivity index (χ0) is 19.5. The van der Waals surface area contributed by atoms with E-state index in [0.717, 1.165) is 31.4 Å². The van der Waals surface area contributed by atoms with E-state index < -0.39 is 0 Å². The van der Waals surface area contributed by atoms with E-state index in [1.54, 1.807) is 0 Å². The third kappa shape index (κ3) is 3.57. The molecule has 0 aromatic heterocycles. The van der Waals surface area contributed by atoms with E-state index in [1.165, 1.54) is 49.2 Å². The van der Waals surface area contributed by atoms with Crippen LogP contribution in [0.15, 0.2) is 70.9 Å². The summed E-state index contributed by atoms with van der Waals surface area (Å²) in [5.41, 5.74) is 8.15. The number of nitrogens with zero attached hydrogens (tertiary/aromatic N) is 3. The molecule has 3 aliphatic rings. The number of hydrazone groups is 2. The summed E-state index contributed by atoms with van der Waals surface area (Å²) in [7, 11) is 0. The second kappa shape index (κ2) is 8.02. The van der Waals surface area contributed by atoms with Gasteiger partial charge in [-0.25, -0.2) is 0 Å². The van der Waals surface area contributed by atoms with E-state index in [-0.39, 0.29) is 5.54 Å². The van der Waals surface area contributed by atoms with Crippen molar-refractivity contribution in [2.24, 2.45) is 16.1 Å². The highest BCUT2D eigenvalue weighted by molar-refractivity contribution is 6.01. The molecule has 2 saturated carbocycles. The minimum atomic E-state index is -0.104. The Morgan fingerprint density at radius 2 is 1.66 bits per heavy atom. The van der Waals surface area contributed by atoms with E-state index in [1.807, 2.05) is 6.07 Å². The quantitative estimate of drug-likeness (QED) is 0.636. The van der Waals surface area contributed by atoms with Crippen LogP contribution in [0.3, 0.4) is 0 Å². The molecule has 1 N–H and O–H groups in total. The molecule has 1 spiro atoms. The van der Waals surface area contributed by atoms with Gasteiger partial charge in [0.05, 0.1) is 17.1 Å². The highest BCUT2D eigenvalue weighted by Gasteiger charge is 2.49. The molecular formula is C25H30N4. The van der Waals surface area contributed by atoms with Crippen molar-refractivity contribution in [3.63, 3.8) is 0 Å². The second-order valence-electron chi connectivity index (χ2n) is 8.66. The van der Waals surface area contributed by atoms with Crippen LogP contribution >= 0.6 is 0 Å². The summed E-state index contributed by atoms with van der Waals surface area (Å²) in [5.74, 6) is 0.615. The molecule has 29 heavy (non-hydrogen) atoms. The van der Waals surface area contributed by atoms with Crippen molar-refractivity contribution in [2.45, 2.75) is 63.3 Å². The molecule has 2 fully saturated rings. The Labute approximate surface area is 173 Å². The molecule has 4 nitrogen and oxygen atoms in total. The molecule has 4 heteroatoms. The molecule has 5 rings (SSSR count). The van der Waals surface area contributed by atoms with Crippen LogP contribution in [-0.2, 0) is 0 Å². The monoisotopic (exact) mass is 386 g/mol. The predicted octanol–water partition coefficient (Wildman–Crippen LogP) is 6.22. The van der Waals surface area contributed by atoms with Crippen molar-refractivity contribution in [3.8, 4) is 0 Å². The van der Waals surface area contributed by atoms with E-state index >= 15 is 0 Å². The Balaban J connectivity index is 1.56. The Bertz CT molecular complexity index is 890. The molecule has 150 valence electrons. The Kier molecular flexibility index (Phi) is 5.09. The van der Waals surface area contributed by atoms with Gasteiger partial charge in [0, 0.05) is 11.6 Å².